The lowest BCUT2D eigenvalue weighted by Crippen LogP contribution is -2.32. The van der Waals surface area contributed by atoms with Crippen molar-refractivity contribution in [3.05, 3.63) is 54.4 Å². The standard InChI is InChI=1S/C16H17NO4/c18-9-13-14(19)15(20)16(21-13)12-7-6-11(8-17-12)10-4-2-1-3-5-10/h1-8,13-16,18-20H,9H2/t13-,14-,15-,16+/m1/s1. The van der Waals surface area contributed by atoms with Crippen LogP contribution >= 0.6 is 0 Å². The Labute approximate surface area is 122 Å². The third-order valence-electron chi connectivity index (χ3n) is 3.73. The maximum atomic E-state index is 9.97. The predicted octanol–water partition coefficient (Wildman–Crippen LogP) is 0.903. The maximum absolute atomic E-state index is 9.97. The molecule has 0 unspecified atom stereocenters. The van der Waals surface area contributed by atoms with Crippen LogP contribution in [-0.4, -0.2) is 45.2 Å². The van der Waals surface area contributed by atoms with Crippen molar-refractivity contribution >= 4 is 0 Å². The second-order valence-corrected chi connectivity index (χ2v) is 5.10. The largest absolute Gasteiger partial charge is 0.394 e. The molecule has 0 saturated carbocycles. The summed E-state index contributed by atoms with van der Waals surface area (Å²) in [6.45, 7) is -0.336. The molecule has 1 aromatic heterocycles. The minimum absolute atomic E-state index is 0.336. The Morgan fingerprint density at radius 2 is 1.71 bits per heavy atom. The molecule has 5 heteroatoms. The van der Waals surface area contributed by atoms with Gasteiger partial charge in [-0.3, -0.25) is 4.98 Å². The monoisotopic (exact) mass is 287 g/mol. The van der Waals surface area contributed by atoms with E-state index >= 15 is 0 Å². The first-order chi connectivity index (χ1) is 10.2. The SMILES string of the molecule is OC[C@H]1O[C@@H](c2ccc(-c3ccccc3)cn2)[C@H](O)[C@@H]1O. The first kappa shape index (κ1) is 14.2. The highest BCUT2D eigenvalue weighted by Gasteiger charge is 2.43. The fourth-order valence-corrected chi connectivity index (χ4v) is 2.52. The molecule has 1 saturated heterocycles. The van der Waals surface area contributed by atoms with Gasteiger partial charge >= 0.3 is 0 Å². The van der Waals surface area contributed by atoms with Gasteiger partial charge in [-0.25, -0.2) is 0 Å². The molecule has 2 heterocycles. The van der Waals surface area contributed by atoms with E-state index in [0.29, 0.717) is 5.69 Å². The lowest BCUT2D eigenvalue weighted by atomic mass is 10.0. The van der Waals surface area contributed by atoms with Gasteiger partial charge in [0.05, 0.1) is 12.3 Å². The van der Waals surface area contributed by atoms with E-state index < -0.39 is 24.4 Å². The number of aromatic nitrogens is 1. The summed E-state index contributed by atoms with van der Waals surface area (Å²) in [5.41, 5.74) is 2.56. The number of aliphatic hydroxyl groups is 3. The van der Waals surface area contributed by atoms with E-state index in [1.54, 1.807) is 12.3 Å². The van der Waals surface area contributed by atoms with Gasteiger partial charge < -0.3 is 20.1 Å². The number of nitrogens with zero attached hydrogens (tertiary/aromatic N) is 1. The molecule has 0 aliphatic carbocycles. The minimum atomic E-state index is -1.10. The molecule has 4 atom stereocenters. The summed E-state index contributed by atoms with van der Waals surface area (Å²) in [6, 6.07) is 13.5. The van der Waals surface area contributed by atoms with E-state index in [9.17, 15) is 10.2 Å². The maximum Gasteiger partial charge on any atom is 0.128 e. The molecule has 1 fully saturated rings. The van der Waals surface area contributed by atoms with Gasteiger partial charge in [0.2, 0.25) is 0 Å². The van der Waals surface area contributed by atoms with E-state index in [2.05, 4.69) is 4.98 Å². The fraction of sp³-hybridized carbons (Fsp3) is 0.312. The molecule has 21 heavy (non-hydrogen) atoms. The number of pyridine rings is 1. The third kappa shape index (κ3) is 2.69. The van der Waals surface area contributed by atoms with Crippen LogP contribution in [0.25, 0.3) is 11.1 Å². The molecule has 0 amide bonds. The van der Waals surface area contributed by atoms with Gasteiger partial charge in [0, 0.05) is 11.8 Å². The lowest BCUT2D eigenvalue weighted by Gasteiger charge is -2.14. The van der Waals surface area contributed by atoms with Crippen molar-refractivity contribution in [2.24, 2.45) is 0 Å². The zero-order valence-corrected chi connectivity index (χ0v) is 11.3. The van der Waals surface area contributed by atoms with Gasteiger partial charge in [-0.15, -0.1) is 0 Å². The number of aliphatic hydroxyl groups excluding tert-OH is 3. The van der Waals surface area contributed by atoms with Gasteiger partial charge in [-0.1, -0.05) is 36.4 Å². The van der Waals surface area contributed by atoms with Crippen LogP contribution < -0.4 is 0 Å². The highest BCUT2D eigenvalue weighted by molar-refractivity contribution is 5.62. The van der Waals surface area contributed by atoms with Crippen LogP contribution in [0.15, 0.2) is 48.7 Å². The highest BCUT2D eigenvalue weighted by Crippen LogP contribution is 2.33. The summed E-state index contributed by atoms with van der Waals surface area (Å²) in [7, 11) is 0. The Morgan fingerprint density at radius 3 is 2.29 bits per heavy atom. The summed E-state index contributed by atoms with van der Waals surface area (Å²) < 4.78 is 5.45. The van der Waals surface area contributed by atoms with E-state index in [4.69, 9.17) is 9.84 Å². The molecule has 5 nitrogen and oxygen atoms in total. The van der Waals surface area contributed by atoms with E-state index in [-0.39, 0.29) is 6.61 Å². The smallest absolute Gasteiger partial charge is 0.128 e. The van der Waals surface area contributed by atoms with Gasteiger partial charge in [0.15, 0.2) is 0 Å². The van der Waals surface area contributed by atoms with Crippen LogP contribution in [0.1, 0.15) is 11.8 Å². The minimum Gasteiger partial charge on any atom is -0.394 e. The summed E-state index contributed by atoms with van der Waals surface area (Å²) in [5.74, 6) is 0. The van der Waals surface area contributed by atoms with E-state index in [1.165, 1.54) is 0 Å². The normalized spacial score (nSPS) is 28.7. The Bertz CT molecular complexity index is 587. The van der Waals surface area contributed by atoms with Gasteiger partial charge in [0.1, 0.15) is 24.4 Å². The van der Waals surface area contributed by atoms with Crippen molar-refractivity contribution in [1.82, 2.24) is 4.98 Å². The predicted molar refractivity (Wildman–Crippen MR) is 76.4 cm³/mol. The molecule has 3 rings (SSSR count). The number of benzene rings is 1. The molecular weight excluding hydrogens is 270 g/mol. The van der Waals surface area contributed by atoms with Crippen molar-refractivity contribution in [1.29, 1.82) is 0 Å². The molecule has 0 spiro atoms. The Balaban J connectivity index is 1.82. The van der Waals surface area contributed by atoms with Crippen LogP contribution in [0.4, 0.5) is 0 Å². The Hall–Kier alpha value is -1.79. The van der Waals surface area contributed by atoms with E-state index in [0.717, 1.165) is 11.1 Å². The molecule has 110 valence electrons. The molecule has 0 bridgehead atoms. The summed E-state index contributed by atoms with van der Waals surface area (Å²) in [6.07, 6.45) is -1.98. The van der Waals surface area contributed by atoms with Gasteiger partial charge in [-0.2, -0.15) is 0 Å². The molecule has 1 aliphatic rings. The van der Waals surface area contributed by atoms with Gasteiger partial charge in [-0.05, 0) is 11.6 Å². The topological polar surface area (TPSA) is 82.8 Å². The highest BCUT2D eigenvalue weighted by atomic mass is 16.6. The first-order valence-electron chi connectivity index (χ1n) is 6.84. The summed E-state index contributed by atoms with van der Waals surface area (Å²) in [4.78, 5) is 4.31. The van der Waals surface area contributed by atoms with Crippen molar-refractivity contribution < 1.29 is 20.1 Å². The second-order valence-electron chi connectivity index (χ2n) is 5.10. The van der Waals surface area contributed by atoms with Crippen molar-refractivity contribution in [3.63, 3.8) is 0 Å². The lowest BCUT2D eigenvalue weighted by molar-refractivity contribution is -0.0239. The number of ether oxygens (including phenoxy) is 1. The molecule has 0 radical (unpaired) electrons. The number of hydrogen-bond donors (Lipinski definition) is 3. The third-order valence-corrected chi connectivity index (χ3v) is 3.73. The van der Waals surface area contributed by atoms with Crippen molar-refractivity contribution in [2.45, 2.75) is 24.4 Å². The first-order valence-corrected chi connectivity index (χ1v) is 6.84. The summed E-state index contributed by atoms with van der Waals surface area (Å²) in [5, 5.41) is 28.8. The van der Waals surface area contributed by atoms with E-state index in [1.807, 2.05) is 36.4 Å². The zero-order valence-electron chi connectivity index (χ0n) is 11.3. The zero-order chi connectivity index (χ0) is 14.8. The molecule has 1 aliphatic heterocycles. The van der Waals surface area contributed by atoms with Crippen LogP contribution in [0.5, 0.6) is 0 Å². The average molecular weight is 287 g/mol. The van der Waals surface area contributed by atoms with Crippen LogP contribution in [0, 0.1) is 0 Å². The molecule has 2 aromatic rings. The Kier molecular flexibility index (Phi) is 3.98. The quantitative estimate of drug-likeness (QED) is 0.781. The molecular formula is C16H17NO4. The van der Waals surface area contributed by atoms with Gasteiger partial charge in [0.25, 0.3) is 0 Å². The second kappa shape index (κ2) is 5.91. The summed E-state index contributed by atoms with van der Waals surface area (Å²) >= 11 is 0. The molecule has 1 aromatic carbocycles. The van der Waals surface area contributed by atoms with Crippen LogP contribution in [-0.2, 0) is 4.74 Å². The molecule has 3 N–H and O–H groups in total. The van der Waals surface area contributed by atoms with Crippen molar-refractivity contribution in [2.75, 3.05) is 6.61 Å². The van der Waals surface area contributed by atoms with Crippen LogP contribution in [0.2, 0.25) is 0 Å². The fourth-order valence-electron chi connectivity index (χ4n) is 2.52. The average Bonchev–Trinajstić information content (AvgIpc) is 2.84. The Morgan fingerprint density at radius 1 is 0.952 bits per heavy atom. The number of rotatable bonds is 3. The van der Waals surface area contributed by atoms with Crippen LogP contribution in [0.3, 0.4) is 0 Å². The van der Waals surface area contributed by atoms with Crippen molar-refractivity contribution in [3.8, 4) is 11.1 Å². The number of hydrogen-bond acceptors (Lipinski definition) is 5.